The molecule has 0 radical (unpaired) electrons. The van der Waals surface area contributed by atoms with E-state index in [1.165, 1.54) is 28.3 Å². The molecule has 1 N–H and O–H groups in total. The molecule has 0 saturated carbocycles. The number of ether oxygens (including phenoxy) is 4. The van der Waals surface area contributed by atoms with E-state index in [1.807, 2.05) is 6.07 Å². The van der Waals surface area contributed by atoms with Gasteiger partial charge in [-0.25, -0.2) is 0 Å². The van der Waals surface area contributed by atoms with Gasteiger partial charge in [-0.15, -0.1) is 0 Å². The average molecular weight is 479 g/mol. The zero-order valence-corrected chi connectivity index (χ0v) is 20.0. The van der Waals surface area contributed by atoms with Gasteiger partial charge in [0.05, 0.1) is 26.9 Å². The van der Waals surface area contributed by atoms with Crippen LogP contribution in [0.15, 0.2) is 47.3 Å². The van der Waals surface area contributed by atoms with Gasteiger partial charge in [-0.05, 0) is 48.7 Å². The predicted molar refractivity (Wildman–Crippen MR) is 128 cm³/mol. The monoisotopic (exact) mass is 478 g/mol. The lowest BCUT2D eigenvalue weighted by Gasteiger charge is -2.16. The van der Waals surface area contributed by atoms with Crippen LogP contribution in [-0.2, 0) is 13.0 Å². The smallest absolute Gasteiger partial charge is 0.271 e. The van der Waals surface area contributed by atoms with Crippen LogP contribution in [0.3, 0.4) is 0 Å². The summed E-state index contributed by atoms with van der Waals surface area (Å²) in [6.07, 6.45) is 0.326. The summed E-state index contributed by atoms with van der Waals surface area (Å²) >= 11 is 0. The van der Waals surface area contributed by atoms with Crippen molar-refractivity contribution in [2.45, 2.75) is 19.9 Å². The van der Waals surface area contributed by atoms with E-state index in [2.05, 4.69) is 0 Å². The Hall–Kier alpha value is -4.45. The van der Waals surface area contributed by atoms with Gasteiger partial charge in [-0.3, -0.25) is 14.2 Å². The van der Waals surface area contributed by atoms with E-state index in [1.54, 1.807) is 42.5 Å². The number of aromatic nitrogens is 1. The SMILES string of the molecule is COc1ccc(CCn2c(O)c(C(=O)COc3ccccc3OC)c(C)c(C#N)c2=O)cc1OC. The molecule has 0 amide bonds. The Morgan fingerprint density at radius 3 is 2.26 bits per heavy atom. The van der Waals surface area contributed by atoms with Gasteiger partial charge in [-0.2, -0.15) is 5.26 Å². The molecule has 0 aliphatic heterocycles. The molecule has 0 bridgehead atoms. The lowest BCUT2D eigenvalue weighted by atomic mass is 10.0. The van der Waals surface area contributed by atoms with Crippen LogP contribution in [0.5, 0.6) is 28.9 Å². The highest BCUT2D eigenvalue weighted by atomic mass is 16.5. The van der Waals surface area contributed by atoms with E-state index in [-0.39, 0.29) is 23.2 Å². The minimum atomic E-state index is -0.676. The van der Waals surface area contributed by atoms with E-state index >= 15 is 0 Å². The number of methoxy groups -OCH3 is 3. The molecular weight excluding hydrogens is 452 g/mol. The molecule has 1 heterocycles. The number of carbonyl (C=O) groups is 1. The molecule has 0 fully saturated rings. The van der Waals surface area contributed by atoms with E-state index in [4.69, 9.17) is 18.9 Å². The van der Waals surface area contributed by atoms with Crippen molar-refractivity contribution < 1.29 is 28.8 Å². The molecule has 1 aromatic heterocycles. The second kappa shape index (κ2) is 11.1. The normalized spacial score (nSPS) is 10.4. The number of carbonyl (C=O) groups excluding carboxylic acids is 1. The van der Waals surface area contributed by atoms with E-state index in [9.17, 15) is 20.0 Å². The number of aromatic hydroxyl groups is 1. The fraction of sp³-hybridized carbons (Fsp3) is 0.269. The lowest BCUT2D eigenvalue weighted by molar-refractivity contribution is 0.0914. The molecule has 9 heteroatoms. The zero-order chi connectivity index (χ0) is 25.5. The maximum absolute atomic E-state index is 13.0. The third-order valence-corrected chi connectivity index (χ3v) is 5.58. The molecule has 0 spiro atoms. The first kappa shape index (κ1) is 25.2. The molecule has 0 aliphatic carbocycles. The van der Waals surface area contributed by atoms with Crippen molar-refractivity contribution in [3.63, 3.8) is 0 Å². The Morgan fingerprint density at radius 2 is 1.63 bits per heavy atom. The Balaban J connectivity index is 1.92. The van der Waals surface area contributed by atoms with Crippen LogP contribution in [0.4, 0.5) is 0 Å². The van der Waals surface area contributed by atoms with Gasteiger partial charge in [0.1, 0.15) is 11.6 Å². The first-order chi connectivity index (χ1) is 16.9. The fourth-order valence-corrected chi connectivity index (χ4v) is 3.72. The van der Waals surface area contributed by atoms with Crippen LogP contribution >= 0.6 is 0 Å². The van der Waals surface area contributed by atoms with Gasteiger partial charge in [-0.1, -0.05) is 18.2 Å². The van der Waals surface area contributed by atoms with Gasteiger partial charge in [0.15, 0.2) is 29.6 Å². The number of para-hydroxylation sites is 2. The summed E-state index contributed by atoms with van der Waals surface area (Å²) in [6.45, 7) is 1.06. The molecule has 35 heavy (non-hydrogen) atoms. The topological polar surface area (TPSA) is 120 Å². The van der Waals surface area contributed by atoms with Crippen molar-refractivity contribution in [1.82, 2.24) is 4.57 Å². The molecular formula is C26H26N2O7. The van der Waals surface area contributed by atoms with Crippen LogP contribution in [-0.4, -0.2) is 43.4 Å². The van der Waals surface area contributed by atoms with Crippen LogP contribution in [0.25, 0.3) is 0 Å². The molecule has 3 aromatic rings. The zero-order valence-electron chi connectivity index (χ0n) is 20.0. The largest absolute Gasteiger partial charge is 0.494 e. The average Bonchev–Trinajstić information content (AvgIpc) is 2.87. The molecule has 0 unspecified atom stereocenters. The molecule has 3 rings (SSSR count). The van der Waals surface area contributed by atoms with Crippen molar-refractivity contribution in [3.05, 3.63) is 75.1 Å². The number of nitrogens with zero attached hydrogens (tertiary/aromatic N) is 2. The fourth-order valence-electron chi connectivity index (χ4n) is 3.72. The predicted octanol–water partition coefficient (Wildman–Crippen LogP) is 3.26. The summed E-state index contributed by atoms with van der Waals surface area (Å²) < 4.78 is 22.4. The Labute approximate surface area is 202 Å². The first-order valence-electron chi connectivity index (χ1n) is 10.7. The molecule has 182 valence electrons. The van der Waals surface area contributed by atoms with Gasteiger partial charge >= 0.3 is 0 Å². The minimum Gasteiger partial charge on any atom is -0.494 e. The number of aryl methyl sites for hydroxylation is 1. The Kier molecular flexibility index (Phi) is 8.00. The number of hydrogen-bond acceptors (Lipinski definition) is 8. The molecule has 0 aliphatic rings. The molecule has 0 atom stereocenters. The highest BCUT2D eigenvalue weighted by Gasteiger charge is 2.24. The van der Waals surface area contributed by atoms with Crippen LogP contribution < -0.4 is 24.5 Å². The van der Waals surface area contributed by atoms with Crippen molar-refractivity contribution >= 4 is 5.78 Å². The highest BCUT2D eigenvalue weighted by molar-refractivity contribution is 6.01. The van der Waals surface area contributed by atoms with Gasteiger partial charge in [0.2, 0.25) is 11.7 Å². The number of Topliss-reactive ketones (excluding diaryl/α,β-unsaturated/α-hetero) is 1. The second-order valence-corrected chi connectivity index (χ2v) is 7.57. The maximum atomic E-state index is 13.0. The number of hydrogen-bond donors (Lipinski definition) is 1. The lowest BCUT2D eigenvalue weighted by Crippen LogP contribution is -2.28. The molecule has 2 aromatic carbocycles. The van der Waals surface area contributed by atoms with E-state index in [0.717, 1.165) is 10.1 Å². The van der Waals surface area contributed by atoms with Gasteiger partial charge in [0.25, 0.3) is 5.56 Å². The third-order valence-electron chi connectivity index (χ3n) is 5.58. The molecule has 0 saturated heterocycles. The van der Waals surface area contributed by atoms with Crippen molar-refractivity contribution in [2.75, 3.05) is 27.9 Å². The first-order valence-corrected chi connectivity index (χ1v) is 10.7. The van der Waals surface area contributed by atoms with Crippen molar-refractivity contribution in [1.29, 1.82) is 5.26 Å². The minimum absolute atomic E-state index is 0.0305. The van der Waals surface area contributed by atoms with E-state index < -0.39 is 23.8 Å². The summed E-state index contributed by atoms with van der Waals surface area (Å²) in [7, 11) is 4.52. The van der Waals surface area contributed by atoms with Crippen molar-refractivity contribution in [3.8, 4) is 34.9 Å². The summed E-state index contributed by atoms with van der Waals surface area (Å²) in [5.41, 5.74) is -0.115. The van der Waals surface area contributed by atoms with E-state index in [0.29, 0.717) is 29.4 Å². The molecule has 9 nitrogen and oxygen atoms in total. The number of nitriles is 1. The number of ketones is 1. The van der Waals surface area contributed by atoms with Crippen LogP contribution in [0, 0.1) is 18.3 Å². The summed E-state index contributed by atoms with van der Waals surface area (Å²) in [5, 5.41) is 20.5. The maximum Gasteiger partial charge on any atom is 0.271 e. The standard InChI is InChI=1S/C26H26N2O7/c1-16-18(14-27)25(30)28(12-11-17-9-10-21(33-3)23(13-17)34-4)26(31)24(16)19(29)15-35-22-8-6-5-7-20(22)32-2/h5-10,13,31H,11-12,15H2,1-4H3. The number of rotatable bonds is 10. The quantitative estimate of drug-likeness (QED) is 0.441. The summed E-state index contributed by atoms with van der Waals surface area (Å²) in [4.78, 5) is 25.9. The van der Waals surface area contributed by atoms with Gasteiger partial charge in [0, 0.05) is 6.54 Å². The van der Waals surface area contributed by atoms with Crippen LogP contribution in [0.1, 0.15) is 27.0 Å². The summed E-state index contributed by atoms with van der Waals surface area (Å²) in [5.74, 6) is 0.776. The number of pyridine rings is 1. The summed E-state index contributed by atoms with van der Waals surface area (Å²) in [6, 6.07) is 14.0. The Bertz CT molecular complexity index is 1340. The highest BCUT2D eigenvalue weighted by Crippen LogP contribution is 2.29. The Morgan fingerprint density at radius 1 is 1.00 bits per heavy atom. The van der Waals surface area contributed by atoms with Gasteiger partial charge < -0.3 is 24.1 Å². The van der Waals surface area contributed by atoms with Crippen molar-refractivity contribution in [2.24, 2.45) is 0 Å². The third kappa shape index (κ3) is 5.22. The second-order valence-electron chi connectivity index (χ2n) is 7.57. The van der Waals surface area contributed by atoms with Crippen LogP contribution in [0.2, 0.25) is 0 Å². The number of benzene rings is 2.